The van der Waals surface area contributed by atoms with Gasteiger partial charge < -0.3 is 29.1 Å². The summed E-state index contributed by atoms with van der Waals surface area (Å²) in [4.78, 5) is 4.14. The highest BCUT2D eigenvalue weighted by Crippen LogP contribution is 2.32. The average Bonchev–Trinajstić information content (AvgIpc) is 2.97. The molecule has 0 saturated heterocycles. The summed E-state index contributed by atoms with van der Waals surface area (Å²) in [6.07, 6.45) is 12.9. The maximum absolute atomic E-state index is 14.4. The van der Waals surface area contributed by atoms with Gasteiger partial charge in [0.15, 0.2) is 23.1 Å². The molecule has 0 bridgehead atoms. The van der Waals surface area contributed by atoms with Crippen molar-refractivity contribution >= 4 is 5.69 Å². The third-order valence-electron chi connectivity index (χ3n) is 6.61. The van der Waals surface area contributed by atoms with E-state index >= 15 is 0 Å². The molecule has 0 saturated carbocycles. The number of ether oxygens (including phenoxy) is 3. The summed E-state index contributed by atoms with van der Waals surface area (Å²) < 4.78 is 30.5. The fourth-order valence-corrected chi connectivity index (χ4v) is 4.45. The molecule has 4 rings (SSSR count). The molecule has 0 amide bonds. The van der Waals surface area contributed by atoms with Gasteiger partial charge in [0.2, 0.25) is 0 Å². The Morgan fingerprint density at radius 2 is 1.52 bits per heavy atom. The van der Waals surface area contributed by atoms with Crippen LogP contribution in [-0.4, -0.2) is 58.0 Å². The molecule has 216 valence electrons. The highest BCUT2D eigenvalue weighted by molar-refractivity contribution is 5.56. The van der Waals surface area contributed by atoms with Crippen LogP contribution in [0, 0.1) is 18.7 Å². The Balaban J connectivity index is 0.000000355. The predicted octanol–water partition coefficient (Wildman–Crippen LogP) is 6.33. The zero-order valence-corrected chi connectivity index (χ0v) is 24.5. The van der Waals surface area contributed by atoms with Crippen LogP contribution in [-0.2, 0) is 19.4 Å². The van der Waals surface area contributed by atoms with Crippen LogP contribution in [0.25, 0.3) is 0 Å². The summed E-state index contributed by atoms with van der Waals surface area (Å²) in [6, 6.07) is 16.6. The number of halogens is 1. The van der Waals surface area contributed by atoms with Crippen molar-refractivity contribution in [3.8, 4) is 35.8 Å². The lowest BCUT2D eigenvalue weighted by Gasteiger charge is -2.24. The van der Waals surface area contributed by atoms with E-state index in [2.05, 4.69) is 24.7 Å². The molecule has 0 fully saturated rings. The minimum absolute atomic E-state index is 0.287. The van der Waals surface area contributed by atoms with Gasteiger partial charge in [-0.25, -0.2) is 4.39 Å². The number of rotatable bonds is 10. The minimum atomic E-state index is -0.338. The number of benzene rings is 3. The second-order valence-electron chi connectivity index (χ2n) is 9.63. The minimum Gasteiger partial charge on any atom is -0.508 e. The molecule has 40 heavy (non-hydrogen) atoms. The van der Waals surface area contributed by atoms with Crippen molar-refractivity contribution in [1.82, 2.24) is 4.90 Å². The predicted molar refractivity (Wildman–Crippen MR) is 161 cm³/mol. The van der Waals surface area contributed by atoms with E-state index < -0.39 is 0 Å². The molecule has 7 heteroatoms. The van der Waals surface area contributed by atoms with Crippen LogP contribution in [0.3, 0.4) is 0 Å². The molecule has 1 aliphatic rings. The largest absolute Gasteiger partial charge is 0.508 e. The third kappa shape index (κ3) is 9.69. The molecule has 0 aromatic heterocycles. The van der Waals surface area contributed by atoms with Gasteiger partial charge in [-0.1, -0.05) is 12.1 Å². The summed E-state index contributed by atoms with van der Waals surface area (Å²) in [6.45, 7) is 4.62. The van der Waals surface area contributed by atoms with Gasteiger partial charge in [0.1, 0.15) is 12.4 Å². The van der Waals surface area contributed by atoms with E-state index in [-0.39, 0.29) is 11.6 Å². The topological polar surface area (TPSA) is 54.4 Å². The molecule has 0 atom stereocenters. The number of anilines is 1. The summed E-state index contributed by atoms with van der Waals surface area (Å²) >= 11 is 0. The maximum Gasteiger partial charge on any atom is 0.165 e. The zero-order chi connectivity index (χ0) is 29.5. The van der Waals surface area contributed by atoms with Gasteiger partial charge in [0, 0.05) is 31.4 Å². The Kier molecular flexibility index (Phi) is 13.7. The van der Waals surface area contributed by atoms with Gasteiger partial charge in [0.05, 0.1) is 14.2 Å². The summed E-state index contributed by atoms with van der Waals surface area (Å²) in [5.74, 6) is 1.71. The molecule has 0 unspecified atom stereocenters. The van der Waals surface area contributed by atoms with E-state index in [9.17, 15) is 9.50 Å². The second-order valence-corrected chi connectivity index (χ2v) is 9.63. The van der Waals surface area contributed by atoms with Gasteiger partial charge in [-0.2, -0.15) is 0 Å². The van der Waals surface area contributed by atoms with Gasteiger partial charge in [-0.15, -0.1) is 12.8 Å². The number of nitrogens with zero attached hydrogens (tertiary/aromatic N) is 2. The summed E-state index contributed by atoms with van der Waals surface area (Å²) in [5, 5.41) is 9.19. The monoisotopic (exact) mass is 550 g/mol. The smallest absolute Gasteiger partial charge is 0.165 e. The lowest BCUT2D eigenvalue weighted by Crippen LogP contribution is -2.22. The molecular weight excluding hydrogens is 507 g/mol. The quantitative estimate of drug-likeness (QED) is 0.298. The van der Waals surface area contributed by atoms with Crippen molar-refractivity contribution in [3.63, 3.8) is 0 Å². The lowest BCUT2D eigenvalue weighted by atomic mass is 9.92. The first-order chi connectivity index (χ1) is 19.3. The molecule has 6 nitrogen and oxygen atoms in total. The summed E-state index contributed by atoms with van der Waals surface area (Å²) in [5.41, 5.74) is 4.64. The second kappa shape index (κ2) is 16.9. The number of methoxy groups -OCH3 is 2. The number of hydrogen-bond acceptors (Lipinski definition) is 6. The zero-order valence-electron chi connectivity index (χ0n) is 24.5. The van der Waals surface area contributed by atoms with Crippen LogP contribution < -0.4 is 19.1 Å². The standard InChI is InChI=1S/C21H29FN2O3.C10H12O.C2H2/c1-6-24(17-8-10-20(25-4)21(14-17)26-5)15-16-7-9-19(18(22)13-16)27-12-11-23(2)3;11-10-6-5-8-3-1-2-4-9(8)7-10;1-2/h7-10,13-14H,6,11-12,15H2,1-5H3;5-7,11H,1-4H2;1-2H. The first kappa shape index (κ1) is 32.3. The molecule has 0 aliphatic heterocycles. The number of phenols is 1. The fourth-order valence-electron chi connectivity index (χ4n) is 4.45. The Bertz CT molecular complexity index is 1210. The Morgan fingerprint density at radius 1 is 0.850 bits per heavy atom. The number of aryl methyl sites for hydroxylation is 2. The SMILES string of the molecule is C#C.CCN(Cc1ccc(OCCN(C)C)c(F)c1)c1ccc(OC)c(OC)c1.Oc1ccc2c(c1)CCCC2. The van der Waals surface area contributed by atoms with Crippen LogP contribution >= 0.6 is 0 Å². The molecule has 1 aliphatic carbocycles. The average molecular weight is 551 g/mol. The molecule has 0 heterocycles. The third-order valence-corrected chi connectivity index (χ3v) is 6.61. The highest BCUT2D eigenvalue weighted by atomic mass is 19.1. The maximum atomic E-state index is 14.4. The van der Waals surface area contributed by atoms with E-state index in [1.807, 2.05) is 55.4 Å². The summed E-state index contributed by atoms with van der Waals surface area (Å²) in [7, 11) is 7.13. The van der Waals surface area contributed by atoms with Crippen molar-refractivity contribution in [2.24, 2.45) is 0 Å². The first-order valence-electron chi connectivity index (χ1n) is 13.5. The molecule has 1 N–H and O–H groups in total. The van der Waals surface area contributed by atoms with Crippen molar-refractivity contribution in [2.75, 3.05) is 52.9 Å². The van der Waals surface area contributed by atoms with E-state index in [0.717, 1.165) is 30.8 Å². The number of phenolic OH excluding ortho intramolecular Hbond substituents is 1. The van der Waals surface area contributed by atoms with Crippen LogP contribution in [0.2, 0.25) is 0 Å². The van der Waals surface area contributed by atoms with Gasteiger partial charge in [-0.3, -0.25) is 0 Å². The fraction of sp³-hybridized carbons (Fsp3) is 0.394. The van der Waals surface area contributed by atoms with Crippen LogP contribution in [0.4, 0.5) is 10.1 Å². The van der Waals surface area contributed by atoms with Crippen molar-refractivity contribution in [1.29, 1.82) is 0 Å². The van der Waals surface area contributed by atoms with E-state index in [0.29, 0.717) is 30.4 Å². The normalized spacial score (nSPS) is 11.7. The molecule has 0 spiro atoms. The van der Waals surface area contributed by atoms with E-state index in [1.165, 1.54) is 36.5 Å². The van der Waals surface area contributed by atoms with Crippen LogP contribution in [0.15, 0.2) is 54.6 Å². The Labute approximate surface area is 239 Å². The van der Waals surface area contributed by atoms with Crippen LogP contribution in [0.1, 0.15) is 36.5 Å². The van der Waals surface area contributed by atoms with Crippen molar-refractivity contribution in [3.05, 3.63) is 77.1 Å². The number of aromatic hydroxyl groups is 1. The van der Waals surface area contributed by atoms with Gasteiger partial charge >= 0.3 is 0 Å². The number of hydrogen-bond donors (Lipinski definition) is 1. The number of terminal acetylenes is 1. The van der Waals surface area contributed by atoms with E-state index in [4.69, 9.17) is 14.2 Å². The number of fused-ring (bicyclic) bond motifs is 1. The highest BCUT2D eigenvalue weighted by Gasteiger charge is 2.12. The Hall–Kier alpha value is -3.89. The molecular formula is C33H43FN2O4. The Morgan fingerprint density at radius 3 is 2.15 bits per heavy atom. The van der Waals surface area contributed by atoms with Crippen molar-refractivity contribution < 1.29 is 23.7 Å². The lowest BCUT2D eigenvalue weighted by molar-refractivity contribution is 0.252. The molecule has 0 radical (unpaired) electrons. The molecule has 3 aromatic rings. The van der Waals surface area contributed by atoms with Crippen LogP contribution in [0.5, 0.6) is 23.0 Å². The van der Waals surface area contributed by atoms with E-state index in [1.54, 1.807) is 26.4 Å². The van der Waals surface area contributed by atoms with Gasteiger partial charge in [-0.05, 0) is 99.8 Å². The number of likely N-dealkylation sites (N-methyl/N-ethyl adjacent to an activating group) is 1. The molecule has 3 aromatic carbocycles. The first-order valence-corrected chi connectivity index (χ1v) is 13.5. The van der Waals surface area contributed by atoms with Gasteiger partial charge in [0.25, 0.3) is 0 Å². The van der Waals surface area contributed by atoms with Crippen molar-refractivity contribution in [2.45, 2.75) is 39.2 Å².